The number of carbonyl (C=O) groups is 3. The van der Waals surface area contributed by atoms with Gasteiger partial charge in [-0.15, -0.1) is 0 Å². The molecule has 0 radical (unpaired) electrons. The Morgan fingerprint density at radius 1 is 1.19 bits per heavy atom. The summed E-state index contributed by atoms with van der Waals surface area (Å²) >= 11 is 0. The van der Waals surface area contributed by atoms with Crippen molar-refractivity contribution < 1.29 is 19.5 Å². The third kappa shape index (κ3) is 6.05. The van der Waals surface area contributed by atoms with E-state index in [1.807, 2.05) is 6.07 Å². The van der Waals surface area contributed by atoms with Crippen LogP contribution in [-0.4, -0.2) is 28.9 Å². The van der Waals surface area contributed by atoms with Crippen LogP contribution in [0.2, 0.25) is 0 Å². The molecule has 0 saturated carbocycles. The first kappa shape index (κ1) is 16.6. The lowest BCUT2D eigenvalue weighted by Gasteiger charge is -2.16. The SMILES string of the molecule is NC(=O)CC[C@@H](NC(=O)CC(N)c1ccccc1)C(=O)O. The van der Waals surface area contributed by atoms with E-state index in [4.69, 9.17) is 16.6 Å². The molecule has 0 aromatic heterocycles. The first-order chi connectivity index (χ1) is 9.90. The van der Waals surface area contributed by atoms with Crippen LogP contribution in [0, 0.1) is 0 Å². The second kappa shape index (κ2) is 8.01. The van der Waals surface area contributed by atoms with Gasteiger partial charge in [0.15, 0.2) is 0 Å². The van der Waals surface area contributed by atoms with Gasteiger partial charge in [-0.2, -0.15) is 0 Å². The predicted octanol–water partition coefficient (Wildman–Crippen LogP) is -0.0886. The number of aliphatic carboxylic acids is 1. The lowest BCUT2D eigenvalue weighted by Crippen LogP contribution is -2.42. The first-order valence-corrected chi connectivity index (χ1v) is 6.51. The summed E-state index contributed by atoms with van der Waals surface area (Å²) in [7, 11) is 0. The Morgan fingerprint density at radius 3 is 2.33 bits per heavy atom. The van der Waals surface area contributed by atoms with Crippen LogP contribution < -0.4 is 16.8 Å². The highest BCUT2D eigenvalue weighted by Crippen LogP contribution is 2.13. The van der Waals surface area contributed by atoms with Crippen molar-refractivity contribution in [3.8, 4) is 0 Å². The van der Waals surface area contributed by atoms with Gasteiger partial charge in [-0.05, 0) is 12.0 Å². The molecule has 2 amide bonds. The van der Waals surface area contributed by atoms with Crippen molar-refractivity contribution in [1.82, 2.24) is 5.32 Å². The summed E-state index contributed by atoms with van der Waals surface area (Å²) in [5.41, 5.74) is 11.6. The van der Waals surface area contributed by atoms with E-state index in [1.165, 1.54) is 0 Å². The van der Waals surface area contributed by atoms with Crippen LogP contribution in [0.15, 0.2) is 30.3 Å². The number of carboxylic acids is 1. The second-order valence-corrected chi connectivity index (χ2v) is 4.68. The van der Waals surface area contributed by atoms with Crippen molar-refractivity contribution in [3.05, 3.63) is 35.9 Å². The average molecular weight is 293 g/mol. The Morgan fingerprint density at radius 2 is 1.81 bits per heavy atom. The third-order valence-corrected chi connectivity index (χ3v) is 2.95. The number of hydrogen-bond donors (Lipinski definition) is 4. The molecule has 0 saturated heterocycles. The minimum Gasteiger partial charge on any atom is -0.480 e. The van der Waals surface area contributed by atoms with Gasteiger partial charge in [-0.1, -0.05) is 30.3 Å². The molecule has 0 fully saturated rings. The van der Waals surface area contributed by atoms with Crippen LogP contribution >= 0.6 is 0 Å². The molecule has 6 N–H and O–H groups in total. The Kier molecular flexibility index (Phi) is 6.35. The molecule has 2 atom stereocenters. The van der Waals surface area contributed by atoms with E-state index in [1.54, 1.807) is 24.3 Å². The predicted molar refractivity (Wildman–Crippen MR) is 76.0 cm³/mol. The highest BCUT2D eigenvalue weighted by atomic mass is 16.4. The van der Waals surface area contributed by atoms with Crippen LogP contribution in [0.5, 0.6) is 0 Å². The van der Waals surface area contributed by atoms with Gasteiger partial charge in [-0.3, -0.25) is 9.59 Å². The number of carboxylic acid groups (broad SMARTS) is 1. The number of carbonyl (C=O) groups excluding carboxylic acids is 2. The Labute approximate surface area is 122 Å². The number of nitrogens with one attached hydrogen (secondary N) is 1. The Hall–Kier alpha value is -2.41. The molecule has 114 valence electrons. The number of benzene rings is 1. The van der Waals surface area contributed by atoms with Crippen LogP contribution in [-0.2, 0) is 14.4 Å². The normalized spacial score (nSPS) is 13.2. The molecule has 21 heavy (non-hydrogen) atoms. The molecule has 0 heterocycles. The first-order valence-electron chi connectivity index (χ1n) is 6.51. The van der Waals surface area contributed by atoms with Gasteiger partial charge in [0.1, 0.15) is 6.04 Å². The zero-order valence-electron chi connectivity index (χ0n) is 11.5. The van der Waals surface area contributed by atoms with Crippen molar-refractivity contribution in [1.29, 1.82) is 0 Å². The summed E-state index contributed by atoms with van der Waals surface area (Å²) < 4.78 is 0. The van der Waals surface area contributed by atoms with E-state index in [-0.39, 0.29) is 19.3 Å². The summed E-state index contributed by atoms with van der Waals surface area (Å²) in [4.78, 5) is 33.5. The van der Waals surface area contributed by atoms with Crippen molar-refractivity contribution >= 4 is 17.8 Å². The maximum atomic E-state index is 11.8. The summed E-state index contributed by atoms with van der Waals surface area (Å²) in [6, 6.07) is 7.37. The lowest BCUT2D eigenvalue weighted by molar-refractivity contribution is -0.142. The molecular formula is C14H19N3O4. The molecule has 0 bridgehead atoms. The third-order valence-electron chi connectivity index (χ3n) is 2.95. The van der Waals surface area contributed by atoms with Crippen molar-refractivity contribution in [2.24, 2.45) is 11.5 Å². The number of primary amides is 1. The highest BCUT2D eigenvalue weighted by molar-refractivity contribution is 5.84. The number of hydrogen-bond acceptors (Lipinski definition) is 4. The van der Waals surface area contributed by atoms with Gasteiger partial charge >= 0.3 is 5.97 Å². The molecular weight excluding hydrogens is 274 g/mol. The fraction of sp³-hybridized carbons (Fsp3) is 0.357. The Balaban J connectivity index is 2.54. The summed E-state index contributed by atoms with van der Waals surface area (Å²) in [5.74, 6) is -2.31. The van der Waals surface area contributed by atoms with Crippen molar-refractivity contribution in [2.45, 2.75) is 31.3 Å². The van der Waals surface area contributed by atoms with Gasteiger partial charge in [0.05, 0.1) is 0 Å². The van der Waals surface area contributed by atoms with E-state index in [0.717, 1.165) is 5.56 Å². The van der Waals surface area contributed by atoms with Gasteiger partial charge in [0.2, 0.25) is 11.8 Å². The number of rotatable bonds is 8. The quantitative estimate of drug-likeness (QED) is 0.531. The Bertz CT molecular complexity index is 504. The zero-order chi connectivity index (χ0) is 15.8. The zero-order valence-corrected chi connectivity index (χ0v) is 11.5. The van der Waals surface area contributed by atoms with Crippen LogP contribution in [0.4, 0.5) is 0 Å². The van der Waals surface area contributed by atoms with E-state index >= 15 is 0 Å². The molecule has 0 spiro atoms. The average Bonchev–Trinajstić information content (AvgIpc) is 2.43. The number of nitrogens with two attached hydrogens (primary N) is 2. The maximum absolute atomic E-state index is 11.8. The molecule has 1 aromatic rings. The van der Waals surface area contributed by atoms with Gasteiger partial charge in [-0.25, -0.2) is 4.79 Å². The minimum absolute atomic E-state index is 0.0373. The smallest absolute Gasteiger partial charge is 0.326 e. The molecule has 7 nitrogen and oxygen atoms in total. The highest BCUT2D eigenvalue weighted by Gasteiger charge is 2.21. The molecule has 1 rings (SSSR count). The molecule has 1 unspecified atom stereocenters. The topological polar surface area (TPSA) is 136 Å². The van der Waals surface area contributed by atoms with E-state index in [9.17, 15) is 14.4 Å². The van der Waals surface area contributed by atoms with Crippen LogP contribution in [0.1, 0.15) is 30.9 Å². The van der Waals surface area contributed by atoms with E-state index in [2.05, 4.69) is 5.32 Å². The maximum Gasteiger partial charge on any atom is 0.326 e. The van der Waals surface area contributed by atoms with Gasteiger partial charge in [0, 0.05) is 18.9 Å². The summed E-state index contributed by atoms with van der Waals surface area (Å²) in [6.07, 6.45) is -0.191. The minimum atomic E-state index is -1.21. The molecule has 7 heteroatoms. The molecule has 0 aliphatic rings. The van der Waals surface area contributed by atoms with Gasteiger partial charge in [0.25, 0.3) is 0 Å². The standard InChI is InChI=1S/C14H19N3O4/c15-10(9-4-2-1-3-5-9)8-13(19)17-11(14(20)21)6-7-12(16)18/h1-5,10-11H,6-8,15H2,(H2,16,18)(H,17,19)(H,20,21)/t10?,11-/m1/s1. The second-order valence-electron chi connectivity index (χ2n) is 4.68. The van der Waals surface area contributed by atoms with E-state index in [0.29, 0.717) is 0 Å². The molecule has 1 aromatic carbocycles. The number of amides is 2. The molecule has 0 aliphatic carbocycles. The van der Waals surface area contributed by atoms with E-state index < -0.39 is 29.9 Å². The van der Waals surface area contributed by atoms with Crippen LogP contribution in [0.3, 0.4) is 0 Å². The molecule has 0 aliphatic heterocycles. The largest absolute Gasteiger partial charge is 0.480 e. The fourth-order valence-corrected chi connectivity index (χ4v) is 1.82. The summed E-state index contributed by atoms with van der Waals surface area (Å²) in [6.45, 7) is 0. The summed E-state index contributed by atoms with van der Waals surface area (Å²) in [5, 5.41) is 11.3. The van der Waals surface area contributed by atoms with Crippen molar-refractivity contribution in [2.75, 3.05) is 0 Å². The van der Waals surface area contributed by atoms with Crippen molar-refractivity contribution in [3.63, 3.8) is 0 Å². The lowest BCUT2D eigenvalue weighted by atomic mass is 10.0. The van der Waals surface area contributed by atoms with Crippen LogP contribution in [0.25, 0.3) is 0 Å². The van der Waals surface area contributed by atoms with Gasteiger partial charge < -0.3 is 21.9 Å². The monoisotopic (exact) mass is 293 g/mol. The fourth-order valence-electron chi connectivity index (χ4n) is 1.82.